The minimum absolute atomic E-state index is 0.0189. The number of fused-ring (bicyclic) bond motifs is 1. The summed E-state index contributed by atoms with van der Waals surface area (Å²) in [4.78, 5) is 114. The number of nitrogens with one attached hydrogen (secondary N) is 6. The molecule has 2 heterocycles. The molecule has 0 spiro atoms. The molecule has 1 aliphatic heterocycles. The Morgan fingerprint density at radius 1 is 0.697 bits per heavy atom. The number of urea groups is 1. The fourth-order valence-electron chi connectivity index (χ4n) is 7.51. The number of carbonyl (C=O) groups is 8. The first-order valence-electron chi connectivity index (χ1n) is 24.8. The van der Waals surface area contributed by atoms with Gasteiger partial charge in [0.05, 0.1) is 39.6 Å². The van der Waals surface area contributed by atoms with Gasteiger partial charge in [0, 0.05) is 73.5 Å². The molecule has 5 rings (SSSR count). The maximum absolute atomic E-state index is 13.8. The van der Waals surface area contributed by atoms with Crippen molar-refractivity contribution in [3.63, 3.8) is 0 Å². The Kier molecular flexibility index (Phi) is 23.9. The zero-order valence-electron chi connectivity index (χ0n) is 42.7. The topological polar surface area (TPSA) is 314 Å². The number of imide groups is 1. The third kappa shape index (κ3) is 19.9. The SMILES string of the molecule is Cc1cc(=O)oc2cc(OC(C(=O)NCCOCCOCCOCCNC(=O)CCCN3C(=O)C=CC3=O)c3ccc(NC(=O)C(CCCNC(N)=O)NC(=O)C(NC(=O)OCc4ccccc4)C(C)C)cc3)ccc12. The summed E-state index contributed by atoms with van der Waals surface area (Å²) in [5.74, 6) is -2.93. The second-order valence-corrected chi connectivity index (χ2v) is 17.7. The fraction of sp³-hybridized carbons (Fsp3) is 0.415. The Balaban J connectivity index is 1.11. The summed E-state index contributed by atoms with van der Waals surface area (Å²) in [7, 11) is 0. The Morgan fingerprint density at radius 3 is 2.01 bits per heavy atom. The van der Waals surface area contributed by atoms with E-state index in [2.05, 4.69) is 31.9 Å². The van der Waals surface area contributed by atoms with Crippen LogP contribution in [0.5, 0.6) is 5.75 Å². The first kappa shape index (κ1) is 58.7. The highest BCUT2D eigenvalue weighted by Crippen LogP contribution is 2.28. The summed E-state index contributed by atoms with van der Waals surface area (Å²) in [5, 5.41) is 16.8. The number of carbonyl (C=O) groups excluding carboxylic acids is 8. The van der Waals surface area contributed by atoms with Crippen molar-refractivity contribution in [1.29, 1.82) is 0 Å². The van der Waals surface area contributed by atoms with Crippen LogP contribution in [-0.4, -0.2) is 130 Å². The molecule has 23 nitrogen and oxygen atoms in total. The van der Waals surface area contributed by atoms with Gasteiger partial charge in [0.1, 0.15) is 30.0 Å². The number of aryl methyl sites for hydroxylation is 1. The smallest absolute Gasteiger partial charge is 0.408 e. The van der Waals surface area contributed by atoms with Gasteiger partial charge in [-0.3, -0.25) is 33.7 Å². The Morgan fingerprint density at radius 2 is 1.36 bits per heavy atom. The number of amides is 9. The van der Waals surface area contributed by atoms with Crippen molar-refractivity contribution in [2.75, 3.05) is 71.1 Å². The van der Waals surface area contributed by atoms with E-state index in [4.69, 9.17) is 33.8 Å². The Bertz CT molecular complexity index is 2680. The van der Waals surface area contributed by atoms with Crippen LogP contribution in [-0.2, 0) is 54.3 Å². The number of rotatable bonds is 32. The lowest BCUT2D eigenvalue weighted by Gasteiger charge is -2.25. The first-order valence-corrected chi connectivity index (χ1v) is 24.8. The zero-order valence-corrected chi connectivity index (χ0v) is 42.7. The van der Waals surface area contributed by atoms with Crippen molar-refractivity contribution >= 4 is 64.2 Å². The van der Waals surface area contributed by atoms with Crippen molar-refractivity contribution in [2.45, 2.75) is 71.2 Å². The number of benzene rings is 3. The molecular weight excluding hydrogens is 989 g/mol. The van der Waals surface area contributed by atoms with Crippen LogP contribution in [0.15, 0.2) is 100 Å². The normalized spacial score (nSPS) is 13.2. The van der Waals surface area contributed by atoms with Crippen LogP contribution >= 0.6 is 0 Å². The van der Waals surface area contributed by atoms with Gasteiger partial charge < -0.3 is 65.7 Å². The molecule has 3 atom stereocenters. The van der Waals surface area contributed by atoms with Gasteiger partial charge in [-0.15, -0.1) is 0 Å². The van der Waals surface area contributed by atoms with Crippen molar-refractivity contribution in [3.05, 3.63) is 118 Å². The van der Waals surface area contributed by atoms with E-state index in [1.165, 1.54) is 24.3 Å². The molecular formula is C53H66N8O15. The molecule has 3 aromatic carbocycles. The zero-order chi connectivity index (χ0) is 54.8. The summed E-state index contributed by atoms with van der Waals surface area (Å²) >= 11 is 0. The lowest BCUT2D eigenvalue weighted by atomic mass is 10.0. The van der Waals surface area contributed by atoms with E-state index in [0.29, 0.717) is 28.6 Å². The van der Waals surface area contributed by atoms with Gasteiger partial charge in [-0.25, -0.2) is 14.4 Å². The molecule has 76 heavy (non-hydrogen) atoms. The second kappa shape index (κ2) is 30.9. The summed E-state index contributed by atoms with van der Waals surface area (Å²) in [5.41, 5.74) is 7.07. The predicted molar refractivity (Wildman–Crippen MR) is 276 cm³/mol. The van der Waals surface area contributed by atoms with E-state index in [0.717, 1.165) is 10.5 Å². The monoisotopic (exact) mass is 1050 g/mol. The van der Waals surface area contributed by atoms with Gasteiger partial charge in [-0.05, 0) is 67.5 Å². The van der Waals surface area contributed by atoms with Crippen LogP contribution in [0.2, 0.25) is 0 Å². The molecule has 4 aromatic rings. The molecule has 0 radical (unpaired) electrons. The molecule has 0 bridgehead atoms. The quantitative estimate of drug-likeness (QED) is 0.0210. The second-order valence-electron chi connectivity index (χ2n) is 17.7. The molecule has 3 unspecified atom stereocenters. The minimum atomic E-state index is -1.24. The molecule has 8 N–H and O–H groups in total. The lowest BCUT2D eigenvalue weighted by Crippen LogP contribution is -2.54. The fourth-order valence-corrected chi connectivity index (χ4v) is 7.51. The number of nitrogens with zero attached hydrogens (tertiary/aromatic N) is 1. The number of hydrogen-bond donors (Lipinski definition) is 7. The van der Waals surface area contributed by atoms with Gasteiger partial charge in [0.25, 0.3) is 17.7 Å². The molecule has 23 heteroatoms. The molecule has 0 saturated carbocycles. The van der Waals surface area contributed by atoms with Gasteiger partial charge in [0.15, 0.2) is 0 Å². The van der Waals surface area contributed by atoms with Crippen LogP contribution in [0.4, 0.5) is 15.3 Å². The van der Waals surface area contributed by atoms with Crippen LogP contribution in [0, 0.1) is 12.8 Å². The van der Waals surface area contributed by atoms with Crippen LogP contribution in [0.3, 0.4) is 0 Å². The number of primary amides is 1. The first-order chi connectivity index (χ1) is 36.6. The van der Waals surface area contributed by atoms with E-state index in [1.54, 1.807) is 81.4 Å². The number of alkyl carbamates (subject to hydrolysis) is 1. The highest BCUT2D eigenvalue weighted by atomic mass is 16.6. The lowest BCUT2D eigenvalue weighted by molar-refractivity contribution is -0.137. The number of ether oxygens (including phenoxy) is 5. The van der Waals surface area contributed by atoms with Gasteiger partial charge >= 0.3 is 17.7 Å². The van der Waals surface area contributed by atoms with Crippen LogP contribution < -0.4 is 48.0 Å². The van der Waals surface area contributed by atoms with Gasteiger partial charge in [0.2, 0.25) is 23.8 Å². The largest absolute Gasteiger partial charge is 0.476 e. The van der Waals surface area contributed by atoms with Gasteiger partial charge in [-0.2, -0.15) is 0 Å². The summed E-state index contributed by atoms with van der Waals surface area (Å²) in [6.07, 6.45) is 1.19. The van der Waals surface area contributed by atoms with E-state index in [-0.39, 0.29) is 121 Å². The molecule has 1 aromatic heterocycles. The van der Waals surface area contributed by atoms with Crippen molar-refractivity contribution < 1.29 is 66.5 Å². The van der Waals surface area contributed by atoms with Crippen LogP contribution in [0.25, 0.3) is 11.0 Å². The molecule has 0 fully saturated rings. The number of hydrogen-bond acceptors (Lipinski definition) is 15. The molecule has 408 valence electrons. The average molecular weight is 1060 g/mol. The van der Waals surface area contributed by atoms with E-state index in [1.807, 2.05) is 6.07 Å². The van der Waals surface area contributed by atoms with Crippen molar-refractivity contribution in [3.8, 4) is 5.75 Å². The minimum Gasteiger partial charge on any atom is -0.476 e. The van der Waals surface area contributed by atoms with Crippen molar-refractivity contribution in [2.24, 2.45) is 11.7 Å². The highest BCUT2D eigenvalue weighted by molar-refractivity contribution is 6.12. The molecule has 0 saturated heterocycles. The third-order valence-corrected chi connectivity index (χ3v) is 11.5. The summed E-state index contributed by atoms with van der Waals surface area (Å²) in [6, 6.07) is 18.6. The standard InChI is InChI=1S/C53H66N8O15/c1-34(2)47(60-53(70)74-33-36-9-5-4-6-10-36)50(67)59-41(11-7-21-57-52(54)69)49(66)58-38-15-13-37(14-16-38)48(75-39-17-18-40-35(3)31-46(65)76-42(40)32-39)51(68)56-23-26-72-28-30-73-29-27-71-25-22-55-43(62)12-8-24-61-44(63)19-20-45(61)64/h4-6,9-10,13-20,31-32,34,41,47-48H,7-8,11-12,21-30,33H2,1-3H3,(H,55,62)(H,56,68)(H,58,66)(H,59,67)(H,60,70)(H3,54,57,69). The Hall–Kier alpha value is -8.15. The maximum Gasteiger partial charge on any atom is 0.408 e. The molecule has 1 aliphatic rings. The third-order valence-electron chi connectivity index (χ3n) is 11.5. The Labute approximate surface area is 438 Å². The molecule has 9 amide bonds. The number of nitrogens with two attached hydrogens (primary N) is 1. The predicted octanol–water partition coefficient (Wildman–Crippen LogP) is 3.03. The highest BCUT2D eigenvalue weighted by Gasteiger charge is 2.30. The van der Waals surface area contributed by atoms with E-state index in [9.17, 15) is 43.2 Å². The van der Waals surface area contributed by atoms with E-state index < -0.39 is 59.6 Å². The van der Waals surface area contributed by atoms with Gasteiger partial charge in [-0.1, -0.05) is 56.3 Å². The summed E-state index contributed by atoms with van der Waals surface area (Å²) < 4.78 is 33.6. The van der Waals surface area contributed by atoms with Crippen molar-refractivity contribution in [1.82, 2.24) is 31.5 Å². The van der Waals surface area contributed by atoms with E-state index >= 15 is 0 Å². The summed E-state index contributed by atoms with van der Waals surface area (Å²) in [6.45, 7) is 7.31. The van der Waals surface area contributed by atoms with Crippen LogP contribution in [0.1, 0.15) is 62.3 Å². The maximum atomic E-state index is 13.8. The molecule has 0 aliphatic carbocycles. The number of anilines is 1. The average Bonchev–Trinajstić information content (AvgIpc) is 3.71.